The third-order valence-corrected chi connectivity index (χ3v) is 3.13. The average molecular weight is 377 g/mol. The Labute approximate surface area is 152 Å². The van der Waals surface area contributed by atoms with Gasteiger partial charge in [0.05, 0.1) is 6.04 Å². The van der Waals surface area contributed by atoms with E-state index in [1.54, 1.807) is 6.92 Å². The molecule has 0 aromatic heterocycles. The normalized spacial score (nSPS) is 17.4. The number of hydrogen-bond donors (Lipinski definition) is 9. The third kappa shape index (κ3) is 16.4. The Morgan fingerprint density at radius 2 is 1.81 bits per heavy atom. The van der Waals surface area contributed by atoms with Crippen LogP contribution in [0.1, 0.15) is 32.6 Å². The van der Waals surface area contributed by atoms with E-state index < -0.39 is 29.9 Å². The molecule has 3 atom stereocenters. The fraction of sp³-hybridized carbons (Fsp3) is 0.714. The highest BCUT2D eigenvalue weighted by atomic mass is 16.4. The molecule has 12 heteroatoms. The maximum absolute atomic E-state index is 10.2. The van der Waals surface area contributed by atoms with Crippen LogP contribution in [0.3, 0.4) is 0 Å². The van der Waals surface area contributed by atoms with Crippen molar-refractivity contribution < 1.29 is 24.6 Å². The number of hydrogen-bond acceptors (Lipinski definition) is 7. The van der Waals surface area contributed by atoms with Crippen LogP contribution in [0.4, 0.5) is 0 Å². The molecule has 1 aliphatic heterocycles. The van der Waals surface area contributed by atoms with E-state index in [4.69, 9.17) is 32.8 Å². The van der Waals surface area contributed by atoms with Gasteiger partial charge in [-0.05, 0) is 39.2 Å². The number of guanidine groups is 1. The first-order valence-electron chi connectivity index (χ1n) is 8.06. The molecule has 1 saturated heterocycles. The SMILES string of the molecule is CC(N)C(N)=O.N=C(N)NCCCC(N)C(=O)O.O=C(O)[C@@H]1CCCN1. The number of primary amides is 1. The van der Waals surface area contributed by atoms with Crippen LogP contribution < -0.4 is 33.6 Å². The number of nitrogens with two attached hydrogens (primary N) is 4. The summed E-state index contributed by atoms with van der Waals surface area (Å²) in [6.45, 7) is 2.88. The molecule has 0 bridgehead atoms. The predicted molar refractivity (Wildman–Crippen MR) is 96.3 cm³/mol. The zero-order valence-electron chi connectivity index (χ0n) is 14.9. The third-order valence-electron chi connectivity index (χ3n) is 3.13. The Kier molecular flexibility index (Phi) is 14.7. The molecule has 1 fully saturated rings. The standard InChI is InChI=1S/C6H14N4O2.C5H9NO2.C3H8N2O/c7-4(5(11)12)2-1-3-10-6(8)9;7-5(8)4-2-1-3-6-4;1-2(4)3(5)6/h4H,1-3,7H2,(H,11,12)(H4,8,9,10);4,6H,1-3H2,(H,7,8);2H,4H2,1H3,(H2,5,6)/t;4-;/m.0./s1. The van der Waals surface area contributed by atoms with E-state index in [9.17, 15) is 14.4 Å². The first-order valence-corrected chi connectivity index (χ1v) is 8.06. The smallest absolute Gasteiger partial charge is 0.320 e. The molecule has 26 heavy (non-hydrogen) atoms. The van der Waals surface area contributed by atoms with Crippen molar-refractivity contribution in [2.24, 2.45) is 22.9 Å². The van der Waals surface area contributed by atoms with Gasteiger partial charge in [-0.2, -0.15) is 0 Å². The first kappa shape index (κ1) is 25.8. The molecule has 12 nitrogen and oxygen atoms in total. The van der Waals surface area contributed by atoms with Crippen molar-refractivity contribution in [2.45, 2.75) is 50.7 Å². The summed E-state index contributed by atoms with van der Waals surface area (Å²) in [7, 11) is 0. The minimum absolute atomic E-state index is 0.112. The largest absolute Gasteiger partial charge is 0.480 e. The highest BCUT2D eigenvalue weighted by Gasteiger charge is 2.20. The predicted octanol–water partition coefficient (Wildman–Crippen LogP) is -2.70. The fourth-order valence-corrected chi connectivity index (χ4v) is 1.56. The number of carbonyl (C=O) groups excluding carboxylic acids is 1. The van der Waals surface area contributed by atoms with Crippen molar-refractivity contribution >= 4 is 23.8 Å². The van der Waals surface area contributed by atoms with Gasteiger partial charge in [0.2, 0.25) is 5.91 Å². The summed E-state index contributed by atoms with van der Waals surface area (Å²) in [6, 6.07) is -1.60. The van der Waals surface area contributed by atoms with Crippen LogP contribution in [0.25, 0.3) is 0 Å². The molecule has 0 spiro atoms. The molecule has 1 rings (SSSR count). The second kappa shape index (κ2) is 14.9. The molecule has 1 amide bonds. The second-order valence-corrected chi connectivity index (χ2v) is 5.61. The summed E-state index contributed by atoms with van der Waals surface area (Å²) in [6.07, 6.45) is 2.76. The number of amides is 1. The monoisotopic (exact) mass is 377 g/mol. The molecule has 2 unspecified atom stereocenters. The highest BCUT2D eigenvalue weighted by Crippen LogP contribution is 2.03. The van der Waals surface area contributed by atoms with E-state index in [2.05, 4.69) is 16.4 Å². The number of nitrogens with one attached hydrogen (secondary N) is 3. The summed E-state index contributed by atoms with van der Waals surface area (Å²) < 4.78 is 0. The van der Waals surface area contributed by atoms with Gasteiger partial charge in [-0.3, -0.25) is 19.8 Å². The Morgan fingerprint density at radius 3 is 2.08 bits per heavy atom. The Balaban J connectivity index is 0. The average Bonchev–Trinajstić information content (AvgIpc) is 3.06. The second-order valence-electron chi connectivity index (χ2n) is 5.61. The minimum atomic E-state index is -1.00. The van der Waals surface area contributed by atoms with Crippen LogP contribution in [-0.2, 0) is 14.4 Å². The van der Waals surface area contributed by atoms with E-state index in [0.29, 0.717) is 19.4 Å². The maximum Gasteiger partial charge on any atom is 0.320 e. The number of carbonyl (C=O) groups is 3. The van der Waals surface area contributed by atoms with E-state index in [-0.39, 0.29) is 12.0 Å². The Bertz CT molecular complexity index is 453. The van der Waals surface area contributed by atoms with Gasteiger partial charge < -0.3 is 43.8 Å². The van der Waals surface area contributed by atoms with Crippen molar-refractivity contribution in [1.29, 1.82) is 5.41 Å². The lowest BCUT2D eigenvalue weighted by molar-refractivity contribution is -0.139. The molecular formula is C14H31N7O5. The number of carboxylic acids is 2. The first-order chi connectivity index (χ1) is 12.0. The lowest BCUT2D eigenvalue weighted by Gasteiger charge is -2.06. The van der Waals surface area contributed by atoms with Crippen molar-refractivity contribution in [3.63, 3.8) is 0 Å². The highest BCUT2D eigenvalue weighted by molar-refractivity contribution is 5.78. The van der Waals surface area contributed by atoms with E-state index >= 15 is 0 Å². The molecule has 0 aliphatic carbocycles. The van der Waals surface area contributed by atoms with Gasteiger partial charge in [0, 0.05) is 6.54 Å². The van der Waals surface area contributed by atoms with Crippen LogP contribution in [0.5, 0.6) is 0 Å². The molecule has 0 aromatic rings. The molecule has 0 saturated carbocycles. The fourth-order valence-electron chi connectivity index (χ4n) is 1.56. The molecule has 1 heterocycles. The number of aliphatic carboxylic acids is 2. The van der Waals surface area contributed by atoms with Gasteiger partial charge in [-0.1, -0.05) is 0 Å². The van der Waals surface area contributed by atoms with Crippen LogP contribution in [-0.4, -0.2) is 65.2 Å². The molecule has 1 aliphatic rings. The zero-order valence-corrected chi connectivity index (χ0v) is 14.9. The minimum Gasteiger partial charge on any atom is -0.480 e. The van der Waals surface area contributed by atoms with Crippen LogP contribution in [0, 0.1) is 5.41 Å². The van der Waals surface area contributed by atoms with Gasteiger partial charge in [0.1, 0.15) is 12.1 Å². The van der Waals surface area contributed by atoms with E-state index in [1.807, 2.05) is 0 Å². The topological polar surface area (TPSA) is 244 Å². The van der Waals surface area contributed by atoms with Crippen LogP contribution >= 0.6 is 0 Å². The maximum atomic E-state index is 10.2. The number of carboxylic acid groups (broad SMARTS) is 2. The van der Waals surface area contributed by atoms with Gasteiger partial charge >= 0.3 is 11.9 Å². The van der Waals surface area contributed by atoms with E-state index in [1.165, 1.54) is 0 Å². The summed E-state index contributed by atoms with van der Waals surface area (Å²) in [5, 5.41) is 28.9. The lowest BCUT2D eigenvalue weighted by Crippen LogP contribution is -2.34. The summed E-state index contributed by atoms with van der Waals surface area (Å²) in [5.74, 6) is -2.30. The van der Waals surface area contributed by atoms with Crippen LogP contribution in [0.15, 0.2) is 0 Å². The Hall–Kier alpha value is -2.44. The van der Waals surface area contributed by atoms with Gasteiger partial charge in [-0.25, -0.2) is 0 Å². The van der Waals surface area contributed by atoms with Crippen molar-refractivity contribution in [1.82, 2.24) is 10.6 Å². The molecule has 0 radical (unpaired) electrons. The van der Waals surface area contributed by atoms with Crippen molar-refractivity contribution in [2.75, 3.05) is 13.1 Å². The van der Waals surface area contributed by atoms with Gasteiger partial charge in [-0.15, -0.1) is 0 Å². The van der Waals surface area contributed by atoms with Crippen molar-refractivity contribution in [3.05, 3.63) is 0 Å². The van der Waals surface area contributed by atoms with Gasteiger partial charge in [0.25, 0.3) is 0 Å². The quantitative estimate of drug-likeness (QED) is 0.126. The van der Waals surface area contributed by atoms with Crippen molar-refractivity contribution in [3.8, 4) is 0 Å². The molecule has 152 valence electrons. The Morgan fingerprint density at radius 1 is 1.27 bits per heavy atom. The molecular weight excluding hydrogens is 346 g/mol. The summed E-state index contributed by atoms with van der Waals surface area (Å²) >= 11 is 0. The lowest BCUT2D eigenvalue weighted by atomic mass is 10.2. The summed E-state index contributed by atoms with van der Waals surface area (Å²) in [5.41, 5.74) is 19.8. The molecule has 13 N–H and O–H groups in total. The van der Waals surface area contributed by atoms with Gasteiger partial charge in [0.15, 0.2) is 5.96 Å². The molecule has 0 aromatic carbocycles. The number of rotatable bonds is 7. The van der Waals surface area contributed by atoms with Crippen LogP contribution in [0.2, 0.25) is 0 Å². The summed E-state index contributed by atoms with van der Waals surface area (Å²) in [4.78, 5) is 30.2. The van der Waals surface area contributed by atoms with E-state index in [0.717, 1.165) is 19.4 Å². The zero-order chi connectivity index (χ0) is 20.7.